The van der Waals surface area contributed by atoms with E-state index in [1.807, 2.05) is 0 Å². The van der Waals surface area contributed by atoms with Crippen LogP contribution in [0.3, 0.4) is 0 Å². The molecule has 0 saturated heterocycles. The molecule has 0 spiro atoms. The highest BCUT2D eigenvalue weighted by atomic mass is 35.5. The lowest BCUT2D eigenvalue weighted by Crippen LogP contribution is -3.00. The predicted octanol–water partition coefficient (Wildman–Crippen LogP) is -2.33. The summed E-state index contributed by atoms with van der Waals surface area (Å²) in [5, 5.41) is 0. The Labute approximate surface area is 111 Å². The fourth-order valence-corrected chi connectivity index (χ4v) is 1.54. The first-order chi connectivity index (χ1) is 8.19. The Kier molecular flexibility index (Phi) is 5.00. The van der Waals surface area contributed by atoms with E-state index >= 15 is 0 Å². The Morgan fingerprint density at radius 1 is 1.22 bits per heavy atom. The summed E-state index contributed by atoms with van der Waals surface area (Å²) in [6.45, 7) is 0.353. The van der Waals surface area contributed by atoms with Gasteiger partial charge in [-0.3, -0.25) is 0 Å². The maximum Gasteiger partial charge on any atom is 0.303 e. The van der Waals surface area contributed by atoms with Gasteiger partial charge in [-0.25, -0.2) is 9.37 Å². The van der Waals surface area contributed by atoms with E-state index in [0.29, 0.717) is 18.8 Å². The van der Waals surface area contributed by atoms with Crippen molar-refractivity contribution in [3.8, 4) is 0 Å². The standard InChI is InChI=1S/C12H13FN4.ClH/c13-10-3-1-8(2-4-10)5-11-16-7-9(6-14)12(15)17-11;/h1-4,7H,5-6,14H2,(H2,15,16,17);1H. The highest BCUT2D eigenvalue weighted by Gasteiger charge is 2.11. The second-order valence-corrected chi connectivity index (χ2v) is 3.77. The number of nitrogens with two attached hydrogens (primary N) is 2. The van der Waals surface area contributed by atoms with Gasteiger partial charge in [-0.05, 0) is 22.7 Å². The van der Waals surface area contributed by atoms with E-state index in [1.165, 1.54) is 12.1 Å². The number of hydrogen-bond donors (Lipinski definition) is 2. The topological polar surface area (TPSA) is 79.1 Å². The lowest BCUT2D eigenvalue weighted by molar-refractivity contribution is -0.395. The van der Waals surface area contributed by atoms with Crippen LogP contribution in [0.2, 0.25) is 0 Å². The molecule has 0 amide bonds. The van der Waals surface area contributed by atoms with Crippen LogP contribution in [0.25, 0.3) is 0 Å². The van der Waals surface area contributed by atoms with E-state index in [9.17, 15) is 4.39 Å². The third-order valence-electron chi connectivity index (χ3n) is 2.50. The first-order valence-corrected chi connectivity index (χ1v) is 5.29. The van der Waals surface area contributed by atoms with Crippen LogP contribution in [0.15, 0.2) is 30.5 Å². The van der Waals surface area contributed by atoms with Crippen LogP contribution in [-0.4, -0.2) is 4.98 Å². The summed E-state index contributed by atoms with van der Waals surface area (Å²) in [6, 6.07) is 6.29. The Morgan fingerprint density at radius 3 is 2.44 bits per heavy atom. The number of hydrogen-bond acceptors (Lipinski definition) is 3. The third-order valence-corrected chi connectivity index (χ3v) is 2.50. The van der Waals surface area contributed by atoms with E-state index in [0.717, 1.165) is 17.0 Å². The molecular weight excluding hydrogens is 255 g/mol. The first kappa shape index (κ1) is 14.3. The van der Waals surface area contributed by atoms with E-state index in [-0.39, 0.29) is 18.2 Å². The van der Waals surface area contributed by atoms with Gasteiger partial charge in [-0.1, -0.05) is 12.1 Å². The van der Waals surface area contributed by atoms with Gasteiger partial charge in [0.05, 0.1) is 18.2 Å². The SMILES string of the molecule is NCc1c[nH+]c(Cc2ccc(F)cc2)nc1N.[Cl-]. The molecule has 0 unspecified atom stereocenters. The van der Waals surface area contributed by atoms with Gasteiger partial charge in [-0.15, -0.1) is 0 Å². The molecule has 5 N–H and O–H groups in total. The largest absolute Gasteiger partial charge is 1.00 e. The van der Waals surface area contributed by atoms with Crippen molar-refractivity contribution in [1.82, 2.24) is 4.98 Å². The maximum atomic E-state index is 12.7. The Morgan fingerprint density at radius 2 is 1.89 bits per heavy atom. The van der Waals surface area contributed by atoms with E-state index in [2.05, 4.69) is 9.97 Å². The number of benzene rings is 1. The number of anilines is 1. The van der Waals surface area contributed by atoms with Gasteiger partial charge in [0.1, 0.15) is 5.82 Å². The highest BCUT2D eigenvalue weighted by molar-refractivity contribution is 5.36. The van der Waals surface area contributed by atoms with Crippen molar-refractivity contribution in [2.24, 2.45) is 5.73 Å². The normalized spacial score (nSPS) is 9.89. The molecule has 0 radical (unpaired) electrons. The van der Waals surface area contributed by atoms with Gasteiger partial charge in [0, 0.05) is 6.54 Å². The van der Waals surface area contributed by atoms with Gasteiger partial charge in [-0.2, -0.15) is 0 Å². The molecule has 0 aliphatic heterocycles. The summed E-state index contributed by atoms with van der Waals surface area (Å²) in [5.41, 5.74) is 13.0. The van der Waals surface area contributed by atoms with Crippen molar-refractivity contribution in [2.45, 2.75) is 13.0 Å². The molecule has 0 atom stereocenters. The number of rotatable bonds is 3. The van der Waals surface area contributed by atoms with Crippen molar-refractivity contribution in [2.75, 3.05) is 5.73 Å². The minimum atomic E-state index is -0.247. The zero-order valence-corrected chi connectivity index (χ0v) is 10.4. The monoisotopic (exact) mass is 268 g/mol. The van der Waals surface area contributed by atoms with Crippen LogP contribution >= 0.6 is 0 Å². The van der Waals surface area contributed by atoms with E-state index in [4.69, 9.17) is 11.5 Å². The molecular formula is C12H14ClFN4. The van der Waals surface area contributed by atoms with Gasteiger partial charge in [0.2, 0.25) is 5.82 Å². The van der Waals surface area contributed by atoms with Gasteiger partial charge < -0.3 is 23.9 Å². The number of halogens is 2. The lowest BCUT2D eigenvalue weighted by Gasteiger charge is -1.98. The Hall–Kier alpha value is -1.72. The number of aromatic amines is 1. The first-order valence-electron chi connectivity index (χ1n) is 5.29. The summed E-state index contributed by atoms with van der Waals surface area (Å²) in [7, 11) is 0. The fraction of sp³-hybridized carbons (Fsp3) is 0.167. The van der Waals surface area contributed by atoms with Crippen molar-refractivity contribution < 1.29 is 21.8 Å². The summed E-state index contributed by atoms with van der Waals surface area (Å²) < 4.78 is 12.7. The molecule has 1 aromatic heterocycles. The minimum Gasteiger partial charge on any atom is -1.00 e. The molecule has 1 aromatic carbocycles. The Bertz CT molecular complexity index is 516. The summed E-state index contributed by atoms with van der Waals surface area (Å²) in [4.78, 5) is 7.24. The number of nitrogens with one attached hydrogen (secondary N) is 1. The third kappa shape index (κ3) is 3.38. The number of nitrogen functional groups attached to an aromatic ring is 1. The second-order valence-electron chi connectivity index (χ2n) is 3.77. The number of aromatic nitrogens is 2. The molecule has 0 saturated carbocycles. The van der Waals surface area contributed by atoms with Crippen molar-refractivity contribution in [3.63, 3.8) is 0 Å². The molecule has 18 heavy (non-hydrogen) atoms. The molecule has 2 aromatic rings. The van der Waals surface area contributed by atoms with Crippen LogP contribution in [0.1, 0.15) is 17.0 Å². The molecule has 0 aliphatic carbocycles. The molecule has 2 rings (SSSR count). The molecule has 96 valence electrons. The van der Waals surface area contributed by atoms with Crippen LogP contribution < -0.4 is 28.9 Å². The van der Waals surface area contributed by atoms with Crippen LogP contribution in [0, 0.1) is 5.82 Å². The summed E-state index contributed by atoms with van der Waals surface area (Å²) in [6.07, 6.45) is 2.33. The van der Waals surface area contributed by atoms with Gasteiger partial charge in [0.25, 0.3) is 0 Å². The smallest absolute Gasteiger partial charge is 0.303 e. The van der Waals surface area contributed by atoms with Gasteiger partial charge in [0.15, 0.2) is 0 Å². The Balaban J connectivity index is 0.00000162. The molecule has 0 fully saturated rings. The number of nitrogens with zero attached hydrogens (tertiary/aromatic N) is 1. The summed E-state index contributed by atoms with van der Waals surface area (Å²) >= 11 is 0. The molecule has 0 aliphatic rings. The summed E-state index contributed by atoms with van der Waals surface area (Å²) in [5.74, 6) is 0.915. The molecule has 6 heteroatoms. The number of H-pyrrole nitrogens is 1. The average molecular weight is 269 g/mol. The second kappa shape index (κ2) is 6.28. The lowest BCUT2D eigenvalue weighted by atomic mass is 10.1. The fourth-order valence-electron chi connectivity index (χ4n) is 1.54. The van der Waals surface area contributed by atoms with Crippen LogP contribution in [0.4, 0.5) is 10.2 Å². The van der Waals surface area contributed by atoms with E-state index in [1.54, 1.807) is 18.3 Å². The van der Waals surface area contributed by atoms with Crippen molar-refractivity contribution >= 4 is 5.82 Å². The van der Waals surface area contributed by atoms with Crippen LogP contribution in [0.5, 0.6) is 0 Å². The average Bonchev–Trinajstić information content (AvgIpc) is 2.32. The van der Waals surface area contributed by atoms with Crippen LogP contribution in [-0.2, 0) is 13.0 Å². The zero-order chi connectivity index (χ0) is 12.3. The predicted molar refractivity (Wildman–Crippen MR) is 62.3 cm³/mol. The molecule has 1 heterocycles. The maximum absolute atomic E-state index is 12.7. The molecule has 4 nitrogen and oxygen atoms in total. The quantitative estimate of drug-likeness (QED) is 0.655. The van der Waals surface area contributed by atoms with Gasteiger partial charge >= 0.3 is 5.82 Å². The molecule has 0 bridgehead atoms. The van der Waals surface area contributed by atoms with E-state index < -0.39 is 0 Å². The van der Waals surface area contributed by atoms with Crippen molar-refractivity contribution in [1.29, 1.82) is 0 Å². The zero-order valence-electron chi connectivity index (χ0n) is 9.66. The van der Waals surface area contributed by atoms with Crippen molar-refractivity contribution in [3.05, 3.63) is 53.2 Å². The highest BCUT2D eigenvalue weighted by Crippen LogP contribution is 2.08. The minimum absolute atomic E-state index is 0.